The molecule has 2 aromatic rings. The molecule has 10 nitrogen and oxygen atoms in total. The Balaban J connectivity index is 0.000000555. The van der Waals surface area contributed by atoms with Gasteiger partial charge in [-0.15, -0.1) is 0 Å². The van der Waals surface area contributed by atoms with Gasteiger partial charge in [0.15, 0.2) is 0 Å². The van der Waals surface area contributed by atoms with Gasteiger partial charge in [-0.3, -0.25) is 9.89 Å². The highest BCUT2D eigenvalue weighted by Gasteiger charge is 2.49. The van der Waals surface area contributed by atoms with Crippen molar-refractivity contribution in [2.45, 2.75) is 90.9 Å². The fraction of sp³-hybridized carbons (Fsp3) is 0.526. The summed E-state index contributed by atoms with van der Waals surface area (Å²) >= 11 is 6.59. The molecule has 1 aliphatic carbocycles. The number of nitrogens with zero attached hydrogens (tertiary/aromatic N) is 5. The van der Waals surface area contributed by atoms with Crippen molar-refractivity contribution >= 4 is 35.1 Å². The molecule has 2 N–H and O–H groups in total. The van der Waals surface area contributed by atoms with E-state index < -0.39 is 6.09 Å². The molecule has 0 radical (unpaired) electrons. The molecule has 49 heavy (non-hydrogen) atoms. The van der Waals surface area contributed by atoms with Gasteiger partial charge in [0.05, 0.1) is 18.1 Å². The van der Waals surface area contributed by atoms with Crippen LogP contribution in [0.15, 0.2) is 67.2 Å². The molecular formula is C38H55ClN6O4. The summed E-state index contributed by atoms with van der Waals surface area (Å²) < 4.78 is 12.6. The fourth-order valence-corrected chi connectivity index (χ4v) is 6.48. The quantitative estimate of drug-likeness (QED) is 0.224. The van der Waals surface area contributed by atoms with Crippen LogP contribution in [0.5, 0.6) is 0 Å². The summed E-state index contributed by atoms with van der Waals surface area (Å²) in [6, 6.07) is 5.85. The Morgan fingerprint density at radius 1 is 1.14 bits per heavy atom. The lowest BCUT2D eigenvalue weighted by Gasteiger charge is -2.33. The third-order valence-corrected chi connectivity index (χ3v) is 9.79. The molecule has 2 heterocycles. The Morgan fingerprint density at radius 2 is 1.86 bits per heavy atom. The number of benzene rings is 1. The van der Waals surface area contributed by atoms with E-state index in [9.17, 15) is 9.59 Å². The Morgan fingerprint density at radius 3 is 2.37 bits per heavy atom. The van der Waals surface area contributed by atoms with Crippen molar-refractivity contribution in [1.82, 2.24) is 19.4 Å². The van der Waals surface area contributed by atoms with Gasteiger partial charge < -0.3 is 24.7 Å². The molecule has 1 saturated heterocycles. The number of aromatic nitrogens is 2. The molecule has 0 bridgehead atoms. The highest BCUT2D eigenvalue weighted by atomic mass is 35.5. The summed E-state index contributed by atoms with van der Waals surface area (Å²) in [5.41, 5.74) is 9.89. The van der Waals surface area contributed by atoms with Crippen molar-refractivity contribution in [2.24, 2.45) is 23.7 Å². The number of imidazole rings is 1. The minimum absolute atomic E-state index is 0.0823. The van der Waals surface area contributed by atoms with Gasteiger partial charge >= 0.3 is 12.2 Å². The summed E-state index contributed by atoms with van der Waals surface area (Å²) in [6.07, 6.45) is 11.8. The molecule has 1 saturated carbocycles. The number of carbonyl (C=O) groups excluding carboxylic acids is 2. The maximum atomic E-state index is 12.8. The average molecular weight is 695 g/mol. The number of carbonyl (C=O) groups is 2. The Hall–Kier alpha value is -3.89. The van der Waals surface area contributed by atoms with Crippen LogP contribution < -0.4 is 5.73 Å². The lowest BCUT2D eigenvalue weighted by atomic mass is 9.84. The second kappa shape index (κ2) is 18.2. The minimum atomic E-state index is -0.647. The standard InChI is InChI=1S/C31H42ClN5O2.C7H13NO2/c1-8-22(5)39-31(38)37-16-12-15-36(17-18-37)30(28(10-3)34-11-4)26-14-13-24(32)19-27(26)25(9-2)23(6)29-20-33-21-35(29)7;1-5(2)7(3-4-7)10-6(8)9/h9-11,13-14,19-23,30H,3-4,8,12,15-18H2,1-2,5-7H3;5H,3-4H2,1-2H3,(H2,8,9)/b25-9-,34-28?;/t22?,23-,30+;/m1./s1. The first-order valence-corrected chi connectivity index (χ1v) is 17.6. The molecule has 3 atom stereocenters. The fourth-order valence-electron chi connectivity index (χ4n) is 6.31. The number of aryl methyl sites for hydroxylation is 1. The van der Waals surface area contributed by atoms with Gasteiger partial charge in [0.1, 0.15) is 11.7 Å². The average Bonchev–Trinajstić information content (AvgIpc) is 3.78. The third-order valence-electron chi connectivity index (χ3n) is 9.56. The topological polar surface area (TPSA) is 115 Å². The van der Waals surface area contributed by atoms with Crippen LogP contribution in [-0.4, -0.2) is 75.1 Å². The van der Waals surface area contributed by atoms with Crippen LogP contribution in [-0.2, 0) is 16.5 Å². The molecule has 2 fully saturated rings. The van der Waals surface area contributed by atoms with E-state index in [2.05, 4.69) is 54.0 Å². The molecule has 1 unspecified atom stereocenters. The zero-order chi connectivity index (χ0) is 36.3. The van der Waals surface area contributed by atoms with Crippen LogP contribution in [0, 0.1) is 5.92 Å². The van der Waals surface area contributed by atoms with E-state index in [0.29, 0.717) is 30.6 Å². The maximum absolute atomic E-state index is 12.8. The van der Waals surface area contributed by atoms with Crippen molar-refractivity contribution in [3.63, 3.8) is 0 Å². The largest absolute Gasteiger partial charge is 0.446 e. The third kappa shape index (κ3) is 10.3. The van der Waals surface area contributed by atoms with Gasteiger partial charge in [0, 0.05) is 62.3 Å². The summed E-state index contributed by atoms with van der Waals surface area (Å²) in [4.78, 5) is 36.3. The van der Waals surface area contributed by atoms with Gasteiger partial charge in [-0.25, -0.2) is 14.6 Å². The maximum Gasteiger partial charge on any atom is 0.410 e. The first kappa shape index (κ1) is 39.5. The van der Waals surface area contributed by atoms with Crippen LogP contribution in [0.25, 0.3) is 5.57 Å². The summed E-state index contributed by atoms with van der Waals surface area (Å²) in [5, 5.41) is 0.666. The molecule has 2 amide bonds. The summed E-state index contributed by atoms with van der Waals surface area (Å²) in [7, 11) is 2.01. The van der Waals surface area contributed by atoms with Crippen molar-refractivity contribution in [3.05, 3.63) is 84.1 Å². The van der Waals surface area contributed by atoms with E-state index >= 15 is 0 Å². The van der Waals surface area contributed by atoms with Gasteiger partial charge in [0.25, 0.3) is 0 Å². The van der Waals surface area contributed by atoms with Crippen molar-refractivity contribution in [1.29, 1.82) is 0 Å². The van der Waals surface area contributed by atoms with Crippen molar-refractivity contribution in [3.8, 4) is 0 Å². The molecular weight excluding hydrogens is 640 g/mol. The van der Waals surface area contributed by atoms with Crippen LogP contribution >= 0.6 is 11.6 Å². The van der Waals surface area contributed by atoms with Gasteiger partial charge in [0.2, 0.25) is 0 Å². The summed E-state index contributed by atoms with van der Waals surface area (Å²) in [6.45, 7) is 22.9. The van der Waals surface area contributed by atoms with Crippen LogP contribution in [0.3, 0.4) is 0 Å². The second-order valence-corrected chi connectivity index (χ2v) is 13.5. The number of amides is 2. The molecule has 4 rings (SSSR count). The molecule has 268 valence electrons. The zero-order valence-corrected chi connectivity index (χ0v) is 31.1. The van der Waals surface area contributed by atoms with Crippen molar-refractivity contribution in [2.75, 3.05) is 26.2 Å². The lowest BCUT2D eigenvalue weighted by Crippen LogP contribution is -2.39. The highest BCUT2D eigenvalue weighted by molar-refractivity contribution is 6.30. The number of primary amides is 1. The lowest BCUT2D eigenvalue weighted by molar-refractivity contribution is 0.0602. The predicted molar refractivity (Wildman–Crippen MR) is 199 cm³/mol. The number of hydrogen-bond acceptors (Lipinski definition) is 7. The smallest absolute Gasteiger partial charge is 0.410 e. The van der Waals surface area contributed by atoms with E-state index in [1.165, 1.54) is 0 Å². The Labute approximate surface area is 297 Å². The second-order valence-electron chi connectivity index (χ2n) is 13.1. The van der Waals surface area contributed by atoms with Gasteiger partial charge in [-0.2, -0.15) is 0 Å². The minimum Gasteiger partial charge on any atom is -0.446 e. The van der Waals surface area contributed by atoms with E-state index in [-0.39, 0.29) is 29.8 Å². The number of nitrogens with two attached hydrogens (primary N) is 1. The van der Waals surface area contributed by atoms with Gasteiger partial charge in [-0.05, 0) is 80.4 Å². The van der Waals surface area contributed by atoms with E-state index in [0.717, 1.165) is 60.3 Å². The van der Waals surface area contributed by atoms with Crippen LogP contribution in [0.1, 0.15) is 96.0 Å². The molecule has 2 aliphatic rings. The SMILES string of the molecule is C=CN=C(C=C)[C@H](c1ccc(Cl)cc1/C(=C\C)[C@@H](C)c1cncn1C)N1CCCN(C(=O)OC(C)CC)CC1.CC(C)C1(OC(N)=O)CC1. The van der Waals surface area contributed by atoms with E-state index in [1.54, 1.807) is 12.3 Å². The van der Waals surface area contributed by atoms with Gasteiger partial charge in [-0.1, -0.05) is 64.6 Å². The summed E-state index contributed by atoms with van der Waals surface area (Å²) in [5.74, 6) is 0.471. The number of ether oxygens (including phenoxy) is 2. The first-order valence-electron chi connectivity index (χ1n) is 17.2. The van der Waals surface area contributed by atoms with Crippen molar-refractivity contribution < 1.29 is 19.1 Å². The first-order chi connectivity index (χ1) is 23.3. The highest BCUT2D eigenvalue weighted by Crippen LogP contribution is 2.45. The molecule has 1 aromatic carbocycles. The molecule has 0 spiro atoms. The van der Waals surface area contributed by atoms with Crippen LogP contribution in [0.2, 0.25) is 5.02 Å². The molecule has 1 aliphatic heterocycles. The van der Waals surface area contributed by atoms with E-state index in [4.69, 9.17) is 26.8 Å². The number of halogens is 1. The molecule has 11 heteroatoms. The number of aliphatic imine (C=N–C) groups is 1. The number of rotatable bonds is 12. The Kier molecular flexibility index (Phi) is 14.7. The monoisotopic (exact) mass is 694 g/mol. The number of allylic oxidation sites excluding steroid dienone is 2. The Bertz CT molecular complexity index is 1510. The predicted octanol–water partition coefficient (Wildman–Crippen LogP) is 8.31. The van der Waals surface area contributed by atoms with Crippen LogP contribution in [0.4, 0.5) is 9.59 Å². The number of hydrogen-bond donors (Lipinski definition) is 1. The molecule has 1 aromatic heterocycles. The van der Waals surface area contributed by atoms with E-state index in [1.807, 2.05) is 68.9 Å². The zero-order valence-electron chi connectivity index (χ0n) is 30.3. The normalized spacial score (nSPS) is 18.3.